The maximum Gasteiger partial charge on any atom is 1.00 e. The minimum Gasteiger partial charge on any atom is -0.724 e. The van der Waals surface area contributed by atoms with Crippen molar-refractivity contribution in [1.29, 1.82) is 5.26 Å². The Morgan fingerprint density at radius 1 is 0.581 bits per heavy atom. The van der Waals surface area contributed by atoms with Crippen LogP contribution in [-0.4, -0.2) is 92.1 Å². The molecule has 1 heterocycles. The number of urea groups is 2. The number of hydrogen-bond acceptors (Lipinski definition) is 14. The first-order valence-corrected chi connectivity index (χ1v) is 42.0. The van der Waals surface area contributed by atoms with Crippen LogP contribution in [0.3, 0.4) is 0 Å². The molecule has 7 aromatic rings. The number of imide groups is 1. The normalized spacial score (nSPS) is 14.1. The number of hydrogen-bond donors (Lipinski definition) is 6. The first-order chi connectivity index (χ1) is 56.3. The second-order valence-corrected chi connectivity index (χ2v) is 28.0. The van der Waals surface area contributed by atoms with E-state index in [4.69, 9.17) is 42.0 Å². The van der Waals surface area contributed by atoms with Crippen LogP contribution >= 0.6 is 18.8 Å². The van der Waals surface area contributed by atoms with E-state index in [-0.39, 0.29) is 83.0 Å². The van der Waals surface area contributed by atoms with Crippen molar-refractivity contribution in [3.63, 3.8) is 0 Å². The first kappa shape index (κ1) is 106. The summed E-state index contributed by atoms with van der Waals surface area (Å²) >= 11 is 0. The molecule has 0 saturated carbocycles. The molecule has 0 radical (unpaired) electrons. The number of nitrogens with two attached hydrogens (primary N) is 1. The minimum atomic E-state index is -1.30. The van der Waals surface area contributed by atoms with Crippen LogP contribution in [0.25, 0.3) is 21.4 Å². The van der Waals surface area contributed by atoms with Crippen LogP contribution in [0.4, 0.5) is 14.4 Å². The maximum absolute atomic E-state index is 13.4. The van der Waals surface area contributed by atoms with Crippen molar-refractivity contribution in [3.05, 3.63) is 256 Å². The predicted molar refractivity (Wildman–Crippen MR) is 475 cm³/mol. The van der Waals surface area contributed by atoms with Crippen LogP contribution in [0.1, 0.15) is 243 Å². The number of carbonyl (C=O) groups excluding carboxylic acids is 7. The zero-order valence-electron chi connectivity index (χ0n) is 71.1. The van der Waals surface area contributed by atoms with E-state index in [0.29, 0.717) is 36.5 Å². The van der Waals surface area contributed by atoms with Crippen molar-refractivity contribution in [2.45, 2.75) is 226 Å². The second kappa shape index (κ2) is 62.6. The average Bonchev–Trinajstić information content (AvgIpc) is 1.59. The van der Waals surface area contributed by atoms with E-state index in [2.05, 4.69) is 151 Å². The van der Waals surface area contributed by atoms with E-state index in [1.807, 2.05) is 171 Å². The number of esters is 2. The van der Waals surface area contributed by atoms with Gasteiger partial charge < -0.3 is 46.2 Å². The van der Waals surface area contributed by atoms with Gasteiger partial charge in [-0.2, -0.15) is 0 Å². The number of primary amides is 1. The van der Waals surface area contributed by atoms with E-state index < -0.39 is 52.4 Å². The van der Waals surface area contributed by atoms with Crippen molar-refractivity contribution in [2.24, 2.45) is 10.5 Å². The molecule has 0 spiro atoms. The van der Waals surface area contributed by atoms with Crippen molar-refractivity contribution >= 4 is 66.6 Å². The van der Waals surface area contributed by atoms with Crippen LogP contribution in [0.5, 0.6) is 0 Å². The molecule has 7 N–H and O–H groups in total. The Kier molecular flexibility index (Phi) is 56.9. The quantitative estimate of drug-likeness (QED) is 0.00243. The summed E-state index contributed by atoms with van der Waals surface area (Å²) in [5, 5.41) is 27.1. The predicted octanol–water partition coefficient (Wildman–Crippen LogP) is 17.5. The average molecular weight is 1660 g/mol. The molecule has 1 aliphatic carbocycles. The summed E-state index contributed by atoms with van der Waals surface area (Å²) in [4.78, 5) is 88.9. The van der Waals surface area contributed by atoms with Gasteiger partial charge in [-0.3, -0.25) is 24.5 Å². The number of nitriles is 1. The largest absolute Gasteiger partial charge is 1.00 e. The van der Waals surface area contributed by atoms with Gasteiger partial charge in [0.25, 0.3) is 5.91 Å². The zero-order valence-corrected chi connectivity index (χ0v) is 76.6. The molecule has 1 aliphatic heterocycles. The first-order valence-electron chi connectivity index (χ1n) is 40.9. The summed E-state index contributed by atoms with van der Waals surface area (Å²) < 4.78 is 20.7. The van der Waals surface area contributed by atoms with Crippen LogP contribution in [0.15, 0.2) is 205 Å². The fourth-order valence-electron chi connectivity index (χ4n) is 13.7. The van der Waals surface area contributed by atoms with Crippen molar-refractivity contribution in [1.82, 2.24) is 31.3 Å². The number of benzene rings is 7. The Morgan fingerprint density at radius 2 is 0.966 bits per heavy atom. The van der Waals surface area contributed by atoms with Gasteiger partial charge in [0.05, 0.1) is 18.8 Å². The van der Waals surface area contributed by atoms with Gasteiger partial charge in [0.2, 0.25) is 0 Å². The van der Waals surface area contributed by atoms with Gasteiger partial charge in [0.1, 0.15) is 12.1 Å². The third-order valence-electron chi connectivity index (χ3n) is 20.1. The molecule has 6 atom stereocenters. The maximum atomic E-state index is 13.4. The van der Waals surface area contributed by atoms with Gasteiger partial charge in [0, 0.05) is 24.6 Å². The molecule has 626 valence electrons. The number of isocyanates is 1. The van der Waals surface area contributed by atoms with Crippen LogP contribution in [0.2, 0.25) is 0 Å². The summed E-state index contributed by atoms with van der Waals surface area (Å²) in [7, 11) is 4.82. The Labute approximate surface area is 745 Å². The number of amides is 6. The molecular formula is C93H128KN11O10P2. The Balaban J connectivity index is 0.000000743. The molecule has 0 bridgehead atoms. The third-order valence-corrected chi connectivity index (χ3v) is 20.9. The zero-order chi connectivity index (χ0) is 85.9. The van der Waals surface area contributed by atoms with Crippen LogP contribution in [0, 0.1) is 18.4 Å². The minimum absolute atomic E-state index is 0. The summed E-state index contributed by atoms with van der Waals surface area (Å²) in [6.45, 7) is 35.6. The van der Waals surface area contributed by atoms with Gasteiger partial charge in [-0.05, 0) is 131 Å². The molecule has 7 aromatic carbocycles. The summed E-state index contributed by atoms with van der Waals surface area (Å²) in [6.07, 6.45) is 19.2. The monoisotopic (exact) mass is 1660 g/mol. The van der Waals surface area contributed by atoms with Gasteiger partial charge in [-0.25, -0.2) is 40.9 Å². The Morgan fingerprint density at radius 3 is 1.32 bits per heavy atom. The van der Waals surface area contributed by atoms with E-state index >= 15 is 0 Å². The molecule has 1 saturated heterocycles. The topological polar surface area (TPSA) is 299 Å². The molecule has 117 heavy (non-hydrogen) atoms. The summed E-state index contributed by atoms with van der Waals surface area (Å²) in [5.41, 5.74) is 11.6. The fraction of sp³-hybridized carbons (Fsp3) is 0.441. The SMILES string of the molecule is C#N.CCC(=NP)c1ccccc1.CCCCCCC[C@@](NC(=O)OCC1c2ccccc2-c2ccccc21)(C(=O)OCC)c1ccccc1.CCCCCCC[C@@](NC(N)=O)(C(=O)OCC)c1ccccc1.CCCCCCC[C@]1(c2ccccc2)NC(=O)NC1=O.CCN(CC)CC.[C-]#[N+]C(CC)(NP)c1ccccc1.[K+].[N-]=C=O. The van der Waals surface area contributed by atoms with Crippen molar-refractivity contribution in [3.8, 4) is 17.7 Å². The smallest absolute Gasteiger partial charge is 0.724 e. The molecule has 3 unspecified atom stereocenters. The second-order valence-electron chi connectivity index (χ2n) is 27.4. The number of unbranched alkanes of at least 4 members (excludes halogenated alkanes) is 12. The Hall–Kier alpha value is -8.59. The third kappa shape index (κ3) is 35.1. The fourth-order valence-corrected chi connectivity index (χ4v) is 14.5. The number of nitrogens with zero attached hydrogens (tertiary/aromatic N) is 5. The standard InChI is InChI=1S/C32H37NO4.C18H28N2O3.C16H22N2O2.C10H13N2P.C9H12NP.C6H15N.CNO.CHN.K/c1-3-5-6-7-15-22-32(30(34)36-4-2,24-16-9-8-10-17-24)33-31(35)37-23-29-27-20-13-11-18-25(27)26-19-12-14-21-28(26)29;1-3-5-6-7-11-14-18(20-17(19)22,16(21)23-4-2)15-12-9-8-10-13-15;1-2-3-4-5-9-12-16(13-10-7-6-8-11-13)14(19)17-15(20)18-16;1-3-10(11-2,12-13)9-7-5-4-6-8-9;1-2-9(10-11)8-6-4-3-5-7-8;1-4-7(5-2)6-3;2-1-3;1-2;/h8-14,16-21,29H,3-7,15,22-23H2,1-2H3,(H,33,35);8-10,12-13H,3-7,11,14H2,1-2H3,(H3,19,20,22);6-8,10-11H,2-5,9,12H2,1H3,(H2,17,18,19,20);4-8,12H,3,13H2,1H3;3-7H,2,11H2,1H3;4-6H2,1-3H3;;1H;/q;;;;;;-1;;+1/t32-;18-;16-;;;;;;/m001....../s1. The molecule has 1 fully saturated rings. The molecule has 21 nitrogen and oxygen atoms in total. The number of rotatable bonds is 37. The molecule has 2 aliphatic rings. The number of ether oxygens (including phenoxy) is 3. The van der Waals surface area contributed by atoms with E-state index in [1.54, 1.807) is 13.8 Å². The molecule has 9 rings (SSSR count). The van der Waals surface area contributed by atoms with E-state index in [9.17, 15) is 28.8 Å². The van der Waals surface area contributed by atoms with Gasteiger partial charge in [-0.1, -0.05) is 349 Å². The number of alkyl carbamates (subject to hydrolysis) is 1. The Bertz CT molecular complexity index is 4010. The number of carbonyl (C=O) groups is 6. The van der Waals surface area contributed by atoms with E-state index in [1.165, 1.54) is 62.0 Å². The van der Waals surface area contributed by atoms with Gasteiger partial charge in [0.15, 0.2) is 11.1 Å². The number of fused-ring (bicyclic) bond motifs is 3. The van der Waals surface area contributed by atoms with E-state index in [0.717, 1.165) is 111 Å². The molecule has 6 amide bonds. The molecule has 0 aromatic heterocycles. The van der Waals surface area contributed by atoms with Crippen molar-refractivity contribution < 1.29 is 99.2 Å². The summed E-state index contributed by atoms with van der Waals surface area (Å²) in [6, 6.07) is 63.4. The summed E-state index contributed by atoms with van der Waals surface area (Å²) in [5.74, 6) is -1.20. The van der Waals surface area contributed by atoms with Gasteiger partial charge >= 0.3 is 87.1 Å². The molecule has 24 heteroatoms. The molecular weight excluding hydrogens is 1530 g/mol. The van der Waals surface area contributed by atoms with Crippen LogP contribution < -0.4 is 83.5 Å². The van der Waals surface area contributed by atoms with Crippen molar-refractivity contribution in [2.75, 3.05) is 39.5 Å². The van der Waals surface area contributed by atoms with Crippen LogP contribution in [-0.2, 0) is 55.7 Å². The van der Waals surface area contributed by atoms with Gasteiger partial charge in [-0.15, -0.1) is 0 Å². The number of nitrogens with one attached hydrogen (secondary N) is 5.